The predicted octanol–water partition coefficient (Wildman–Crippen LogP) is 4.19. The summed E-state index contributed by atoms with van der Waals surface area (Å²) in [6.07, 6.45) is 0.964. The Hall–Kier alpha value is -0.270. The summed E-state index contributed by atoms with van der Waals surface area (Å²) in [5.74, 6) is 0. The molecule has 0 aromatic carbocycles. The van der Waals surface area contributed by atoms with Crippen LogP contribution in [-0.4, -0.2) is 23.0 Å². The molecule has 6 heteroatoms. The van der Waals surface area contributed by atoms with Crippen molar-refractivity contribution in [1.29, 1.82) is 0 Å². The second kappa shape index (κ2) is 7.13. The van der Waals surface area contributed by atoms with Crippen LogP contribution < -0.4 is 5.73 Å². The molecule has 2 aromatic heterocycles. The Morgan fingerprint density at radius 3 is 2.70 bits per heavy atom. The summed E-state index contributed by atoms with van der Waals surface area (Å²) < 4.78 is 1.16. The molecule has 0 saturated carbocycles. The van der Waals surface area contributed by atoms with Crippen LogP contribution in [0, 0.1) is 6.92 Å². The molecule has 2 aromatic rings. The van der Waals surface area contributed by atoms with Gasteiger partial charge in [-0.15, -0.1) is 22.7 Å². The number of nitrogens with two attached hydrogens (primary N) is 1. The maximum Gasteiger partial charge on any atom is 0.0798 e. The summed E-state index contributed by atoms with van der Waals surface area (Å²) in [4.78, 5) is 9.30. The van der Waals surface area contributed by atoms with E-state index in [0.29, 0.717) is 0 Å². The molecule has 0 bridgehead atoms. The number of thiazole rings is 1. The number of halogens is 1. The van der Waals surface area contributed by atoms with Crippen LogP contribution in [0.3, 0.4) is 0 Å². The minimum atomic E-state index is 0.138. The van der Waals surface area contributed by atoms with Crippen molar-refractivity contribution in [1.82, 2.24) is 9.88 Å². The van der Waals surface area contributed by atoms with E-state index in [4.69, 9.17) is 5.73 Å². The van der Waals surface area contributed by atoms with Crippen LogP contribution in [0.2, 0.25) is 0 Å². The summed E-state index contributed by atoms with van der Waals surface area (Å²) >= 11 is 7.03. The SMILES string of the molecule is CCC(N)C(c1ccc(Br)s1)N(C)Cc1scnc1C. The molecule has 0 amide bonds. The number of aromatic nitrogens is 1. The zero-order valence-electron chi connectivity index (χ0n) is 12.0. The lowest BCUT2D eigenvalue weighted by Crippen LogP contribution is -2.38. The van der Waals surface area contributed by atoms with E-state index in [1.54, 1.807) is 22.7 Å². The van der Waals surface area contributed by atoms with Gasteiger partial charge in [0, 0.05) is 22.3 Å². The smallest absolute Gasteiger partial charge is 0.0798 e. The number of hydrogen-bond donors (Lipinski definition) is 1. The highest BCUT2D eigenvalue weighted by Gasteiger charge is 2.25. The van der Waals surface area contributed by atoms with E-state index in [1.807, 2.05) is 5.51 Å². The number of thiophene rings is 1. The Labute approximate surface area is 137 Å². The van der Waals surface area contributed by atoms with E-state index in [1.165, 1.54) is 9.75 Å². The fourth-order valence-electron chi connectivity index (χ4n) is 2.27. The van der Waals surface area contributed by atoms with Crippen molar-refractivity contribution in [2.45, 2.75) is 38.9 Å². The number of nitrogens with zero attached hydrogens (tertiary/aromatic N) is 2. The molecule has 0 aliphatic heterocycles. The van der Waals surface area contributed by atoms with Crippen molar-refractivity contribution in [3.05, 3.63) is 36.9 Å². The van der Waals surface area contributed by atoms with Crippen molar-refractivity contribution in [2.75, 3.05) is 7.05 Å². The van der Waals surface area contributed by atoms with Crippen LogP contribution in [-0.2, 0) is 6.54 Å². The molecule has 2 N–H and O–H groups in total. The largest absolute Gasteiger partial charge is 0.326 e. The van der Waals surface area contributed by atoms with Gasteiger partial charge in [0.15, 0.2) is 0 Å². The average Bonchev–Trinajstić information content (AvgIpc) is 2.99. The molecule has 2 heterocycles. The quantitative estimate of drug-likeness (QED) is 0.825. The van der Waals surface area contributed by atoms with Crippen molar-refractivity contribution in [3.8, 4) is 0 Å². The molecule has 2 unspecified atom stereocenters. The van der Waals surface area contributed by atoms with Crippen molar-refractivity contribution < 1.29 is 0 Å². The lowest BCUT2D eigenvalue weighted by atomic mass is 10.0. The number of likely N-dealkylation sites (N-methyl/N-ethyl adjacent to an activating group) is 1. The topological polar surface area (TPSA) is 42.1 Å². The van der Waals surface area contributed by atoms with E-state index in [2.05, 4.69) is 58.8 Å². The molecule has 0 aliphatic rings. The van der Waals surface area contributed by atoms with Gasteiger partial charge in [0.25, 0.3) is 0 Å². The standard InChI is InChI=1S/C14H20BrN3S2/c1-4-10(16)14(11-5-6-13(15)20-11)18(3)7-12-9(2)17-8-19-12/h5-6,8,10,14H,4,7,16H2,1-3H3. The molecule has 0 aliphatic carbocycles. The minimum Gasteiger partial charge on any atom is -0.326 e. The summed E-state index contributed by atoms with van der Waals surface area (Å²) in [6, 6.07) is 4.66. The molecular formula is C14H20BrN3S2. The summed E-state index contributed by atoms with van der Waals surface area (Å²) in [6.45, 7) is 5.10. The third-order valence-corrected chi connectivity index (χ3v) is 6.09. The second-order valence-corrected chi connectivity index (χ2v) is 8.37. The van der Waals surface area contributed by atoms with E-state index in [9.17, 15) is 0 Å². The maximum absolute atomic E-state index is 6.36. The van der Waals surface area contributed by atoms with Gasteiger partial charge in [-0.05, 0) is 48.5 Å². The molecular weight excluding hydrogens is 354 g/mol. The molecule has 2 rings (SSSR count). The highest BCUT2D eigenvalue weighted by Crippen LogP contribution is 2.33. The first-order valence-corrected chi connectivity index (χ1v) is 9.11. The Kier molecular flexibility index (Phi) is 5.74. The van der Waals surface area contributed by atoms with Gasteiger partial charge < -0.3 is 5.73 Å². The van der Waals surface area contributed by atoms with Gasteiger partial charge in [0.1, 0.15) is 0 Å². The van der Waals surface area contributed by atoms with Crippen LogP contribution in [0.5, 0.6) is 0 Å². The van der Waals surface area contributed by atoms with Gasteiger partial charge in [-0.3, -0.25) is 4.90 Å². The third-order valence-electron chi connectivity index (χ3n) is 3.48. The molecule has 2 atom stereocenters. The van der Waals surface area contributed by atoms with E-state index < -0.39 is 0 Å². The Balaban J connectivity index is 2.20. The maximum atomic E-state index is 6.36. The Bertz CT molecular complexity index is 552. The first-order valence-electron chi connectivity index (χ1n) is 6.63. The van der Waals surface area contributed by atoms with Gasteiger partial charge >= 0.3 is 0 Å². The van der Waals surface area contributed by atoms with Crippen LogP contribution >= 0.6 is 38.6 Å². The third kappa shape index (κ3) is 3.68. The summed E-state index contributed by atoms with van der Waals surface area (Å²) in [7, 11) is 2.15. The van der Waals surface area contributed by atoms with Gasteiger partial charge in [-0.2, -0.15) is 0 Å². The van der Waals surface area contributed by atoms with Gasteiger partial charge in [0.2, 0.25) is 0 Å². The fraction of sp³-hybridized carbons (Fsp3) is 0.500. The lowest BCUT2D eigenvalue weighted by Gasteiger charge is -2.31. The second-order valence-electron chi connectivity index (χ2n) is 4.93. The average molecular weight is 374 g/mol. The van der Waals surface area contributed by atoms with E-state index in [-0.39, 0.29) is 12.1 Å². The normalized spacial score (nSPS) is 14.7. The molecule has 0 fully saturated rings. The monoisotopic (exact) mass is 373 g/mol. The predicted molar refractivity (Wildman–Crippen MR) is 91.3 cm³/mol. The lowest BCUT2D eigenvalue weighted by molar-refractivity contribution is 0.206. The zero-order chi connectivity index (χ0) is 14.7. The first-order chi connectivity index (χ1) is 9.52. The van der Waals surface area contributed by atoms with Crippen LogP contribution in [0.4, 0.5) is 0 Å². The zero-order valence-corrected chi connectivity index (χ0v) is 15.2. The van der Waals surface area contributed by atoms with Crippen LogP contribution in [0.25, 0.3) is 0 Å². The summed E-state index contributed by atoms with van der Waals surface area (Å²) in [5, 5.41) is 0. The highest BCUT2D eigenvalue weighted by atomic mass is 79.9. The molecule has 0 spiro atoms. The molecule has 3 nitrogen and oxygen atoms in total. The number of rotatable bonds is 6. The molecule has 20 heavy (non-hydrogen) atoms. The van der Waals surface area contributed by atoms with Crippen LogP contribution in [0.15, 0.2) is 21.4 Å². The number of aryl methyl sites for hydroxylation is 1. The summed E-state index contributed by atoms with van der Waals surface area (Å²) in [5.41, 5.74) is 9.40. The molecule has 0 radical (unpaired) electrons. The van der Waals surface area contributed by atoms with E-state index >= 15 is 0 Å². The van der Waals surface area contributed by atoms with Crippen molar-refractivity contribution in [3.63, 3.8) is 0 Å². The van der Waals surface area contributed by atoms with Crippen molar-refractivity contribution in [2.24, 2.45) is 5.73 Å². The van der Waals surface area contributed by atoms with Gasteiger partial charge in [-0.1, -0.05) is 6.92 Å². The number of hydrogen-bond acceptors (Lipinski definition) is 5. The van der Waals surface area contributed by atoms with Gasteiger partial charge in [0.05, 0.1) is 21.0 Å². The molecule has 0 saturated heterocycles. The minimum absolute atomic E-state index is 0.138. The fourth-order valence-corrected chi connectivity index (χ4v) is 4.77. The molecule has 110 valence electrons. The Morgan fingerprint density at radius 1 is 1.45 bits per heavy atom. The van der Waals surface area contributed by atoms with E-state index in [0.717, 1.165) is 22.4 Å². The highest BCUT2D eigenvalue weighted by molar-refractivity contribution is 9.11. The van der Waals surface area contributed by atoms with Crippen LogP contribution in [0.1, 0.15) is 34.8 Å². The first kappa shape index (κ1) is 16.1. The van der Waals surface area contributed by atoms with Gasteiger partial charge in [-0.25, -0.2) is 4.98 Å². The Morgan fingerprint density at radius 2 is 2.20 bits per heavy atom. The van der Waals surface area contributed by atoms with Crippen molar-refractivity contribution >= 4 is 38.6 Å².